The lowest BCUT2D eigenvalue weighted by molar-refractivity contribution is -0.126. The van der Waals surface area contributed by atoms with E-state index in [1.54, 1.807) is 13.2 Å². The molecule has 0 bridgehead atoms. The van der Waals surface area contributed by atoms with Gasteiger partial charge in [0.05, 0.1) is 7.11 Å². The summed E-state index contributed by atoms with van der Waals surface area (Å²) in [4.78, 5) is 23.9. The Morgan fingerprint density at radius 1 is 1.16 bits per heavy atom. The molecule has 1 aromatic carbocycles. The number of benzene rings is 1. The normalized spacial score (nSPS) is 14.8. The zero-order valence-electron chi connectivity index (χ0n) is 14.2. The maximum Gasteiger partial charge on any atom is 0.250 e. The van der Waals surface area contributed by atoms with Gasteiger partial charge >= 0.3 is 0 Å². The van der Waals surface area contributed by atoms with Gasteiger partial charge in [-0.15, -0.1) is 0 Å². The van der Waals surface area contributed by atoms with E-state index in [1.807, 2.05) is 24.3 Å². The minimum Gasteiger partial charge on any atom is -0.496 e. The van der Waals surface area contributed by atoms with Crippen LogP contribution in [0.5, 0.6) is 5.75 Å². The smallest absolute Gasteiger partial charge is 0.250 e. The van der Waals surface area contributed by atoms with Gasteiger partial charge in [-0.2, -0.15) is 0 Å². The molecule has 1 fully saturated rings. The summed E-state index contributed by atoms with van der Waals surface area (Å²) in [6.45, 7) is 0. The van der Waals surface area contributed by atoms with Crippen molar-refractivity contribution >= 4 is 35.2 Å². The highest BCUT2D eigenvalue weighted by Crippen LogP contribution is 2.23. The fourth-order valence-electron chi connectivity index (χ4n) is 2.74. The second-order valence-electron chi connectivity index (χ2n) is 5.84. The van der Waals surface area contributed by atoms with Crippen LogP contribution in [0.1, 0.15) is 37.7 Å². The second kappa shape index (κ2) is 9.78. The molecular weight excluding hydrogens is 338 g/mol. The first-order chi connectivity index (χ1) is 12.1. The molecule has 0 unspecified atom stereocenters. The Balaban J connectivity index is 1.77. The molecule has 6 nitrogen and oxygen atoms in total. The van der Waals surface area contributed by atoms with Crippen LogP contribution in [-0.4, -0.2) is 24.0 Å². The molecule has 0 spiro atoms. The van der Waals surface area contributed by atoms with Crippen molar-refractivity contribution in [2.75, 3.05) is 7.11 Å². The summed E-state index contributed by atoms with van der Waals surface area (Å²) >= 11 is 5.01. The standard InChI is InChI=1S/C18H23N3O3S/c1-24-15-10-6-5-7-13(15)11-12-16(22)19-18(25)21-20-17(23)14-8-3-2-4-9-14/h5-7,10-12,14H,2-4,8-9H2,1H3,(H,20,23)(H2,19,21,22,25). The maximum atomic E-state index is 12.0. The van der Waals surface area contributed by atoms with Gasteiger partial charge in [-0.25, -0.2) is 0 Å². The summed E-state index contributed by atoms with van der Waals surface area (Å²) in [6.07, 6.45) is 8.12. The number of thiocarbonyl (C=S) groups is 1. The summed E-state index contributed by atoms with van der Waals surface area (Å²) < 4.78 is 5.21. The molecule has 2 amide bonds. The minimum absolute atomic E-state index is 0.0187. The van der Waals surface area contributed by atoms with Gasteiger partial charge in [0.1, 0.15) is 5.75 Å². The monoisotopic (exact) mass is 361 g/mol. The van der Waals surface area contributed by atoms with E-state index in [1.165, 1.54) is 12.5 Å². The molecule has 1 aliphatic rings. The van der Waals surface area contributed by atoms with E-state index < -0.39 is 5.91 Å². The van der Waals surface area contributed by atoms with E-state index in [0.717, 1.165) is 31.2 Å². The van der Waals surface area contributed by atoms with Gasteiger partial charge in [-0.1, -0.05) is 37.5 Å². The number of rotatable bonds is 4. The summed E-state index contributed by atoms with van der Waals surface area (Å²) in [5.74, 6) is 0.216. The third kappa shape index (κ3) is 6.19. The van der Waals surface area contributed by atoms with Crippen LogP contribution in [0.2, 0.25) is 0 Å². The lowest BCUT2D eigenvalue weighted by Crippen LogP contribution is -2.50. The van der Waals surface area contributed by atoms with Crippen molar-refractivity contribution in [3.63, 3.8) is 0 Å². The molecule has 0 radical (unpaired) electrons. The molecule has 0 atom stereocenters. The molecule has 3 N–H and O–H groups in total. The average molecular weight is 361 g/mol. The van der Waals surface area contributed by atoms with Gasteiger partial charge in [0.15, 0.2) is 5.11 Å². The van der Waals surface area contributed by atoms with Crippen LogP contribution in [0.3, 0.4) is 0 Å². The van der Waals surface area contributed by atoms with Gasteiger partial charge < -0.3 is 4.74 Å². The zero-order valence-corrected chi connectivity index (χ0v) is 15.0. The van der Waals surface area contributed by atoms with Crippen molar-refractivity contribution in [3.8, 4) is 5.75 Å². The number of para-hydroxylation sites is 1. The van der Waals surface area contributed by atoms with E-state index in [0.29, 0.717) is 5.75 Å². The van der Waals surface area contributed by atoms with Crippen molar-refractivity contribution in [2.45, 2.75) is 32.1 Å². The molecule has 0 aromatic heterocycles. The third-order valence-electron chi connectivity index (χ3n) is 4.07. The van der Waals surface area contributed by atoms with E-state index >= 15 is 0 Å². The number of hydrazine groups is 1. The molecule has 1 aliphatic carbocycles. The van der Waals surface area contributed by atoms with Gasteiger partial charge in [0, 0.05) is 17.6 Å². The lowest BCUT2D eigenvalue weighted by atomic mass is 9.89. The predicted molar refractivity (Wildman–Crippen MR) is 101 cm³/mol. The first kappa shape index (κ1) is 18.9. The van der Waals surface area contributed by atoms with E-state index in [-0.39, 0.29) is 16.9 Å². The van der Waals surface area contributed by atoms with Gasteiger partial charge in [-0.3, -0.25) is 25.8 Å². The number of hydrogen-bond donors (Lipinski definition) is 3. The van der Waals surface area contributed by atoms with Gasteiger partial charge in [0.25, 0.3) is 0 Å². The van der Waals surface area contributed by atoms with Crippen LogP contribution in [0.15, 0.2) is 30.3 Å². The van der Waals surface area contributed by atoms with Crippen LogP contribution < -0.4 is 20.9 Å². The van der Waals surface area contributed by atoms with Crippen LogP contribution in [-0.2, 0) is 9.59 Å². The van der Waals surface area contributed by atoms with Crippen LogP contribution in [0, 0.1) is 5.92 Å². The highest BCUT2D eigenvalue weighted by atomic mass is 32.1. The maximum absolute atomic E-state index is 12.0. The molecule has 134 valence electrons. The van der Waals surface area contributed by atoms with Crippen LogP contribution in [0.25, 0.3) is 6.08 Å². The first-order valence-electron chi connectivity index (χ1n) is 8.32. The molecule has 1 aromatic rings. The fourth-order valence-corrected chi connectivity index (χ4v) is 2.89. The van der Waals surface area contributed by atoms with Gasteiger partial charge in [-0.05, 0) is 37.2 Å². The summed E-state index contributed by atoms with van der Waals surface area (Å²) in [6, 6.07) is 7.35. The molecule has 0 heterocycles. The number of methoxy groups -OCH3 is 1. The van der Waals surface area contributed by atoms with E-state index in [2.05, 4.69) is 16.2 Å². The molecule has 7 heteroatoms. The number of ether oxygens (including phenoxy) is 1. The molecule has 25 heavy (non-hydrogen) atoms. The number of carbonyl (C=O) groups is 2. The predicted octanol–water partition coefficient (Wildman–Crippen LogP) is 2.31. The number of amides is 2. The quantitative estimate of drug-likeness (QED) is 0.436. The highest BCUT2D eigenvalue weighted by Gasteiger charge is 2.20. The minimum atomic E-state index is -0.393. The molecule has 0 aliphatic heterocycles. The van der Waals surface area contributed by atoms with Crippen molar-refractivity contribution in [3.05, 3.63) is 35.9 Å². The van der Waals surface area contributed by atoms with Gasteiger partial charge in [0.2, 0.25) is 11.8 Å². The Labute approximate surface area is 153 Å². The van der Waals surface area contributed by atoms with E-state index in [4.69, 9.17) is 17.0 Å². The van der Waals surface area contributed by atoms with Crippen molar-refractivity contribution < 1.29 is 14.3 Å². The summed E-state index contributed by atoms with van der Waals surface area (Å²) in [5, 5.41) is 2.54. The number of nitrogens with one attached hydrogen (secondary N) is 3. The average Bonchev–Trinajstić information content (AvgIpc) is 2.65. The van der Waals surface area contributed by atoms with Crippen molar-refractivity contribution in [1.29, 1.82) is 0 Å². The number of carbonyl (C=O) groups excluding carboxylic acids is 2. The largest absolute Gasteiger partial charge is 0.496 e. The third-order valence-corrected chi connectivity index (χ3v) is 4.27. The zero-order chi connectivity index (χ0) is 18.1. The Hall–Kier alpha value is -2.41. The highest BCUT2D eigenvalue weighted by molar-refractivity contribution is 7.80. The second-order valence-corrected chi connectivity index (χ2v) is 6.25. The molecule has 2 rings (SSSR count). The Morgan fingerprint density at radius 2 is 1.88 bits per heavy atom. The Morgan fingerprint density at radius 3 is 2.60 bits per heavy atom. The Bertz CT molecular complexity index is 655. The SMILES string of the molecule is COc1ccccc1C=CC(=O)NC(=S)NNC(=O)C1CCCCC1. The van der Waals surface area contributed by atoms with Crippen molar-refractivity contribution in [1.82, 2.24) is 16.2 Å². The number of hydrogen-bond acceptors (Lipinski definition) is 4. The Kier molecular flexibility index (Phi) is 7.40. The topological polar surface area (TPSA) is 79.5 Å². The molecule has 1 saturated carbocycles. The fraction of sp³-hybridized carbons (Fsp3) is 0.389. The van der Waals surface area contributed by atoms with E-state index in [9.17, 15) is 9.59 Å². The molecule has 0 saturated heterocycles. The summed E-state index contributed by atoms with van der Waals surface area (Å²) in [7, 11) is 1.57. The van der Waals surface area contributed by atoms with Crippen LogP contribution in [0.4, 0.5) is 0 Å². The van der Waals surface area contributed by atoms with Crippen LogP contribution >= 0.6 is 12.2 Å². The summed E-state index contributed by atoms with van der Waals surface area (Å²) in [5.41, 5.74) is 5.92. The first-order valence-corrected chi connectivity index (χ1v) is 8.73. The van der Waals surface area contributed by atoms with Crippen molar-refractivity contribution in [2.24, 2.45) is 5.92 Å². The lowest BCUT2D eigenvalue weighted by Gasteiger charge is -2.21. The molecular formula is C18H23N3O3S.